The zero-order valence-corrected chi connectivity index (χ0v) is 21.8. The summed E-state index contributed by atoms with van der Waals surface area (Å²) in [6.07, 6.45) is 6.59. The van der Waals surface area contributed by atoms with Crippen molar-refractivity contribution < 1.29 is 13.2 Å². The molecule has 0 saturated carbocycles. The molecule has 0 aliphatic carbocycles. The van der Waals surface area contributed by atoms with Crippen LogP contribution in [0.15, 0.2) is 71.9 Å². The Morgan fingerprint density at radius 3 is 2.53 bits per heavy atom. The van der Waals surface area contributed by atoms with E-state index in [1.165, 1.54) is 18.5 Å². The maximum Gasteiger partial charge on any atom is 0.261 e. The predicted octanol–water partition coefficient (Wildman–Crippen LogP) is 6.55. The zero-order chi connectivity index (χ0) is 25.7. The van der Waals surface area contributed by atoms with Crippen LogP contribution in [0.4, 0.5) is 5.69 Å². The summed E-state index contributed by atoms with van der Waals surface area (Å²) in [5.41, 5.74) is 4.50. The monoisotopic (exact) mass is 522 g/mol. The number of para-hydroxylation sites is 1. The Morgan fingerprint density at radius 2 is 1.89 bits per heavy atom. The lowest BCUT2D eigenvalue weighted by Gasteiger charge is -2.19. The van der Waals surface area contributed by atoms with E-state index in [-0.39, 0.29) is 4.90 Å². The second kappa shape index (κ2) is 11.0. The van der Waals surface area contributed by atoms with Gasteiger partial charge in [0.15, 0.2) is 0 Å². The van der Waals surface area contributed by atoms with E-state index in [0.717, 1.165) is 22.3 Å². The first-order valence-electron chi connectivity index (χ1n) is 11.5. The highest BCUT2D eigenvalue weighted by molar-refractivity contribution is 7.92. The molecule has 0 aliphatic rings. The molecule has 186 valence electrons. The van der Waals surface area contributed by atoms with E-state index in [9.17, 15) is 8.42 Å². The summed E-state index contributed by atoms with van der Waals surface area (Å²) in [5.74, 6) is 1.68. The van der Waals surface area contributed by atoms with Crippen molar-refractivity contribution in [2.45, 2.75) is 38.5 Å². The van der Waals surface area contributed by atoms with E-state index in [4.69, 9.17) is 16.3 Å². The number of nitrogens with one attached hydrogen (secondary N) is 2. The molecule has 0 bridgehead atoms. The second-order valence-electron chi connectivity index (χ2n) is 8.17. The van der Waals surface area contributed by atoms with Crippen molar-refractivity contribution in [3.05, 3.63) is 100 Å². The molecule has 3 aromatic carbocycles. The molecular formula is C27H27ClN4O3S. The number of rotatable bonds is 9. The van der Waals surface area contributed by atoms with Gasteiger partial charge >= 0.3 is 0 Å². The fourth-order valence-electron chi connectivity index (χ4n) is 4.00. The van der Waals surface area contributed by atoms with Gasteiger partial charge in [0.1, 0.15) is 23.7 Å². The molecule has 0 atom stereocenters. The Labute approximate surface area is 216 Å². The van der Waals surface area contributed by atoms with Gasteiger partial charge in [0.2, 0.25) is 0 Å². The lowest BCUT2D eigenvalue weighted by Crippen LogP contribution is -2.15. The van der Waals surface area contributed by atoms with Crippen molar-refractivity contribution in [1.82, 2.24) is 15.2 Å². The van der Waals surface area contributed by atoms with Gasteiger partial charge in [-0.2, -0.15) is 5.10 Å². The van der Waals surface area contributed by atoms with Crippen molar-refractivity contribution in [3.8, 4) is 11.5 Å². The van der Waals surface area contributed by atoms with E-state index >= 15 is 0 Å². The van der Waals surface area contributed by atoms with Crippen LogP contribution in [-0.2, 0) is 22.9 Å². The summed E-state index contributed by atoms with van der Waals surface area (Å²) in [6.45, 7) is 5.99. The van der Waals surface area contributed by atoms with E-state index in [0.29, 0.717) is 40.9 Å². The third-order valence-corrected chi connectivity index (χ3v) is 7.50. The number of allylic oxidation sites excluding steroid dienone is 1. The molecule has 4 rings (SSSR count). The van der Waals surface area contributed by atoms with Gasteiger partial charge in [-0.1, -0.05) is 42.8 Å². The van der Waals surface area contributed by atoms with E-state index in [1.54, 1.807) is 24.3 Å². The molecule has 0 radical (unpaired) electrons. The van der Waals surface area contributed by atoms with Gasteiger partial charge in [0.25, 0.3) is 10.0 Å². The third kappa shape index (κ3) is 5.61. The van der Waals surface area contributed by atoms with Gasteiger partial charge in [-0.15, -0.1) is 0 Å². The second-order valence-corrected chi connectivity index (χ2v) is 10.3. The summed E-state index contributed by atoms with van der Waals surface area (Å²) < 4.78 is 35.3. The summed E-state index contributed by atoms with van der Waals surface area (Å²) in [5, 5.41) is 7.27. The SMILES string of the molecule is CC=Cc1c(C)c(Cc2ncn[nH]2)cc(NS(=O)(=O)c2ccc(Oc3ccccc3Cl)cc2)c1CC. The predicted molar refractivity (Wildman–Crippen MR) is 143 cm³/mol. The number of anilines is 1. The molecule has 0 spiro atoms. The third-order valence-electron chi connectivity index (χ3n) is 5.81. The smallest absolute Gasteiger partial charge is 0.261 e. The van der Waals surface area contributed by atoms with Gasteiger partial charge in [0.05, 0.1) is 15.6 Å². The normalized spacial score (nSPS) is 11.7. The molecule has 0 fully saturated rings. The minimum Gasteiger partial charge on any atom is -0.456 e. The number of ether oxygens (including phenoxy) is 1. The first-order chi connectivity index (χ1) is 17.3. The van der Waals surface area contributed by atoms with Crippen LogP contribution in [0.25, 0.3) is 6.08 Å². The van der Waals surface area contributed by atoms with Crippen molar-refractivity contribution in [2.24, 2.45) is 0 Å². The van der Waals surface area contributed by atoms with E-state index < -0.39 is 10.0 Å². The summed E-state index contributed by atoms with van der Waals surface area (Å²) in [4.78, 5) is 4.35. The van der Waals surface area contributed by atoms with Gasteiger partial charge in [-0.3, -0.25) is 9.82 Å². The highest BCUT2D eigenvalue weighted by atomic mass is 35.5. The molecule has 9 heteroatoms. The topological polar surface area (TPSA) is 97.0 Å². The fraction of sp³-hybridized carbons (Fsp3) is 0.185. The highest BCUT2D eigenvalue weighted by Crippen LogP contribution is 2.33. The molecule has 2 N–H and O–H groups in total. The Bertz CT molecular complexity index is 1480. The number of hydrogen-bond donors (Lipinski definition) is 2. The highest BCUT2D eigenvalue weighted by Gasteiger charge is 2.20. The fourth-order valence-corrected chi connectivity index (χ4v) is 5.26. The molecule has 0 amide bonds. The standard InChI is InChI=1S/C27H27ClN4O3S/c1-4-8-23-18(3)19(16-27-29-17-30-31-27)15-25(22(23)5-2)32-36(33,34)21-13-11-20(12-14-21)35-26-10-7-6-9-24(26)28/h4,6-15,17,32H,5,16H2,1-3H3,(H,29,30,31). The minimum atomic E-state index is -3.86. The quantitative estimate of drug-likeness (QED) is 0.260. The van der Waals surface area contributed by atoms with Crippen molar-refractivity contribution in [3.63, 3.8) is 0 Å². The molecule has 0 saturated heterocycles. The van der Waals surface area contributed by atoms with E-state index in [2.05, 4.69) is 19.9 Å². The van der Waals surface area contributed by atoms with Crippen molar-refractivity contribution >= 4 is 33.4 Å². The average molecular weight is 523 g/mol. The number of hydrogen-bond acceptors (Lipinski definition) is 5. The van der Waals surface area contributed by atoms with Crippen molar-refractivity contribution in [2.75, 3.05) is 4.72 Å². The van der Waals surface area contributed by atoms with Gasteiger partial charge < -0.3 is 4.74 Å². The van der Waals surface area contributed by atoms with Crippen LogP contribution in [-0.4, -0.2) is 23.6 Å². The first kappa shape index (κ1) is 25.5. The Hall–Kier alpha value is -3.62. The first-order valence-corrected chi connectivity index (χ1v) is 13.4. The Morgan fingerprint density at radius 1 is 1.14 bits per heavy atom. The summed E-state index contributed by atoms with van der Waals surface area (Å²) in [6, 6.07) is 15.2. The Balaban J connectivity index is 1.66. The molecule has 1 aromatic heterocycles. The lowest BCUT2D eigenvalue weighted by molar-refractivity contribution is 0.482. The molecule has 7 nitrogen and oxygen atoms in total. The van der Waals surface area contributed by atoms with Crippen molar-refractivity contribution in [1.29, 1.82) is 0 Å². The number of aromatic nitrogens is 3. The van der Waals surface area contributed by atoms with Crippen LogP contribution < -0.4 is 9.46 Å². The molecule has 36 heavy (non-hydrogen) atoms. The minimum absolute atomic E-state index is 0.126. The number of H-pyrrole nitrogens is 1. The maximum absolute atomic E-state index is 13.4. The number of sulfonamides is 1. The van der Waals surface area contributed by atoms with Crippen LogP contribution in [0.5, 0.6) is 11.5 Å². The van der Waals surface area contributed by atoms with Crippen LogP contribution in [0.2, 0.25) is 5.02 Å². The van der Waals surface area contributed by atoms with Crippen LogP contribution >= 0.6 is 11.6 Å². The largest absolute Gasteiger partial charge is 0.456 e. The van der Waals surface area contributed by atoms with E-state index in [1.807, 2.05) is 51.1 Å². The van der Waals surface area contributed by atoms with Gasteiger partial charge in [0, 0.05) is 6.42 Å². The molecular weight excluding hydrogens is 496 g/mol. The number of benzene rings is 3. The summed E-state index contributed by atoms with van der Waals surface area (Å²) in [7, 11) is -3.86. The number of halogens is 1. The van der Waals surface area contributed by atoms with Gasteiger partial charge in [-0.25, -0.2) is 13.4 Å². The maximum atomic E-state index is 13.4. The molecule has 0 aliphatic heterocycles. The molecule has 0 unspecified atom stereocenters. The van der Waals surface area contributed by atoms with Gasteiger partial charge in [-0.05, 0) is 85.0 Å². The Kier molecular flexibility index (Phi) is 7.76. The summed E-state index contributed by atoms with van der Waals surface area (Å²) >= 11 is 6.16. The lowest BCUT2D eigenvalue weighted by atomic mass is 9.92. The zero-order valence-electron chi connectivity index (χ0n) is 20.2. The average Bonchev–Trinajstić information content (AvgIpc) is 3.37. The molecule has 1 heterocycles. The number of aromatic amines is 1. The van der Waals surface area contributed by atoms with Crippen LogP contribution in [0.1, 0.15) is 41.9 Å². The van der Waals surface area contributed by atoms with Crippen LogP contribution in [0.3, 0.4) is 0 Å². The van der Waals surface area contributed by atoms with Crippen LogP contribution in [0, 0.1) is 6.92 Å². The molecule has 4 aromatic rings. The number of nitrogens with zero attached hydrogens (tertiary/aromatic N) is 2.